The Morgan fingerprint density at radius 1 is 1.26 bits per heavy atom. The highest BCUT2D eigenvalue weighted by Crippen LogP contribution is 2.41. The topological polar surface area (TPSA) is 37.3 Å². The van der Waals surface area contributed by atoms with Crippen LogP contribution in [0.2, 0.25) is 0 Å². The molecule has 0 heterocycles. The summed E-state index contributed by atoms with van der Waals surface area (Å²) in [4.78, 5) is 11.0. The first-order valence-corrected chi connectivity index (χ1v) is 5.90. The van der Waals surface area contributed by atoms with E-state index < -0.39 is 35.4 Å². The minimum Gasteiger partial charge on any atom is -0.481 e. The number of benzene rings is 1. The molecule has 0 amide bonds. The standard InChI is InChI=1S/C13H12F4O2/c14-11-6-7(4-5-10(11)13(15,16)17)8-2-1-3-9(8)12(18)19/h4-6,8-9H,1-3H2,(H,18,19). The highest BCUT2D eigenvalue weighted by Gasteiger charge is 2.37. The molecular weight excluding hydrogens is 264 g/mol. The summed E-state index contributed by atoms with van der Waals surface area (Å²) in [7, 11) is 0. The van der Waals surface area contributed by atoms with E-state index in [0.29, 0.717) is 30.9 Å². The van der Waals surface area contributed by atoms with Crippen molar-refractivity contribution in [1.82, 2.24) is 0 Å². The van der Waals surface area contributed by atoms with Crippen LogP contribution < -0.4 is 0 Å². The number of alkyl halides is 3. The number of halogens is 4. The molecule has 0 bridgehead atoms. The van der Waals surface area contributed by atoms with Gasteiger partial charge < -0.3 is 5.11 Å². The molecule has 2 unspecified atom stereocenters. The van der Waals surface area contributed by atoms with E-state index in [2.05, 4.69) is 0 Å². The quantitative estimate of drug-likeness (QED) is 0.834. The lowest BCUT2D eigenvalue weighted by molar-refractivity contribution is -0.142. The first kappa shape index (κ1) is 13.8. The predicted octanol–water partition coefficient (Wildman–Crippen LogP) is 3.81. The second-order valence-electron chi connectivity index (χ2n) is 4.72. The fourth-order valence-corrected chi connectivity index (χ4v) is 2.65. The van der Waals surface area contributed by atoms with E-state index >= 15 is 0 Å². The van der Waals surface area contributed by atoms with E-state index in [1.54, 1.807) is 0 Å². The summed E-state index contributed by atoms with van der Waals surface area (Å²) in [6, 6.07) is 2.68. The minimum absolute atomic E-state index is 0.329. The van der Waals surface area contributed by atoms with E-state index in [-0.39, 0.29) is 0 Å². The average Bonchev–Trinajstić information content (AvgIpc) is 2.75. The van der Waals surface area contributed by atoms with Crippen molar-refractivity contribution in [2.45, 2.75) is 31.4 Å². The van der Waals surface area contributed by atoms with Crippen molar-refractivity contribution in [3.05, 3.63) is 35.1 Å². The lowest BCUT2D eigenvalue weighted by Crippen LogP contribution is -2.17. The predicted molar refractivity (Wildman–Crippen MR) is 59.1 cm³/mol. The van der Waals surface area contributed by atoms with Crippen LogP contribution in [0.4, 0.5) is 17.6 Å². The molecule has 0 radical (unpaired) electrons. The van der Waals surface area contributed by atoms with Gasteiger partial charge in [0.1, 0.15) is 5.82 Å². The lowest BCUT2D eigenvalue weighted by Gasteiger charge is -2.17. The zero-order valence-corrected chi connectivity index (χ0v) is 9.88. The summed E-state index contributed by atoms with van der Waals surface area (Å²) >= 11 is 0. The number of carboxylic acids is 1. The Labute approximate surface area is 107 Å². The van der Waals surface area contributed by atoms with Gasteiger partial charge in [0.2, 0.25) is 0 Å². The highest BCUT2D eigenvalue weighted by molar-refractivity contribution is 5.71. The van der Waals surface area contributed by atoms with Crippen LogP contribution in [0.25, 0.3) is 0 Å². The molecule has 1 fully saturated rings. The van der Waals surface area contributed by atoms with Crippen LogP contribution in [0.1, 0.15) is 36.3 Å². The number of aliphatic carboxylic acids is 1. The molecule has 6 heteroatoms. The molecule has 0 aromatic heterocycles. The van der Waals surface area contributed by atoms with E-state index in [9.17, 15) is 22.4 Å². The molecule has 1 N–H and O–H groups in total. The van der Waals surface area contributed by atoms with Gasteiger partial charge in [-0.25, -0.2) is 4.39 Å². The van der Waals surface area contributed by atoms with Crippen molar-refractivity contribution < 1.29 is 27.5 Å². The first-order valence-electron chi connectivity index (χ1n) is 5.90. The molecule has 2 rings (SSSR count). The molecule has 2 nitrogen and oxygen atoms in total. The van der Waals surface area contributed by atoms with Crippen molar-refractivity contribution in [2.75, 3.05) is 0 Å². The number of hydrogen-bond acceptors (Lipinski definition) is 1. The summed E-state index contributed by atoms with van der Waals surface area (Å²) in [6.07, 6.45) is -3.01. The van der Waals surface area contributed by atoms with Gasteiger partial charge in [0.15, 0.2) is 0 Å². The largest absolute Gasteiger partial charge is 0.481 e. The Hall–Kier alpha value is -1.59. The molecular formula is C13H12F4O2. The Morgan fingerprint density at radius 2 is 1.95 bits per heavy atom. The maximum Gasteiger partial charge on any atom is 0.419 e. The number of hydrogen-bond donors (Lipinski definition) is 1. The third kappa shape index (κ3) is 2.72. The molecule has 0 saturated heterocycles. The fraction of sp³-hybridized carbons (Fsp3) is 0.462. The van der Waals surface area contributed by atoms with Gasteiger partial charge >= 0.3 is 12.1 Å². The lowest BCUT2D eigenvalue weighted by atomic mass is 9.88. The molecule has 0 aliphatic heterocycles. The van der Waals surface area contributed by atoms with Crippen molar-refractivity contribution in [3.8, 4) is 0 Å². The second kappa shape index (κ2) is 4.83. The SMILES string of the molecule is O=C(O)C1CCCC1c1ccc(C(F)(F)F)c(F)c1. The summed E-state index contributed by atoms with van der Waals surface area (Å²) in [5.41, 5.74) is -0.989. The molecule has 2 atom stereocenters. The van der Waals surface area contributed by atoms with Gasteiger partial charge in [0.25, 0.3) is 0 Å². The monoisotopic (exact) mass is 276 g/mol. The van der Waals surface area contributed by atoms with Crippen LogP contribution in [-0.4, -0.2) is 11.1 Å². The Bertz CT molecular complexity index is 496. The van der Waals surface area contributed by atoms with Crippen LogP contribution in [0.3, 0.4) is 0 Å². The average molecular weight is 276 g/mol. The van der Waals surface area contributed by atoms with Crippen molar-refractivity contribution in [2.24, 2.45) is 5.92 Å². The molecule has 19 heavy (non-hydrogen) atoms. The summed E-state index contributed by atoms with van der Waals surface area (Å²) in [5, 5.41) is 9.02. The first-order chi connectivity index (χ1) is 8.80. The van der Waals surface area contributed by atoms with Crippen LogP contribution in [0, 0.1) is 11.7 Å². The maximum atomic E-state index is 13.5. The maximum absolute atomic E-state index is 13.5. The van der Waals surface area contributed by atoms with E-state index in [4.69, 9.17) is 5.11 Å². The molecule has 0 spiro atoms. The van der Waals surface area contributed by atoms with E-state index in [1.807, 2.05) is 0 Å². The smallest absolute Gasteiger partial charge is 0.419 e. The van der Waals surface area contributed by atoms with Crippen LogP contribution in [-0.2, 0) is 11.0 Å². The van der Waals surface area contributed by atoms with Gasteiger partial charge in [0.05, 0.1) is 11.5 Å². The minimum atomic E-state index is -4.73. The molecule has 1 aromatic rings. The summed E-state index contributed by atoms with van der Waals surface area (Å²) in [6.45, 7) is 0. The molecule has 104 valence electrons. The van der Waals surface area contributed by atoms with Crippen molar-refractivity contribution >= 4 is 5.97 Å². The van der Waals surface area contributed by atoms with Crippen molar-refractivity contribution in [1.29, 1.82) is 0 Å². The Kier molecular flexibility index (Phi) is 3.52. The zero-order valence-electron chi connectivity index (χ0n) is 9.88. The third-order valence-corrected chi connectivity index (χ3v) is 3.56. The molecule has 1 aromatic carbocycles. The summed E-state index contributed by atoms with van der Waals surface area (Å²) in [5.74, 6) is -3.38. The van der Waals surface area contributed by atoms with Crippen molar-refractivity contribution in [3.63, 3.8) is 0 Å². The Balaban J connectivity index is 2.32. The highest BCUT2D eigenvalue weighted by atomic mass is 19.4. The van der Waals surface area contributed by atoms with Gasteiger partial charge in [-0.1, -0.05) is 12.5 Å². The number of rotatable bonds is 2. The van der Waals surface area contributed by atoms with Crippen LogP contribution in [0.15, 0.2) is 18.2 Å². The number of carboxylic acid groups (broad SMARTS) is 1. The molecule has 1 aliphatic carbocycles. The molecule has 1 saturated carbocycles. The second-order valence-corrected chi connectivity index (χ2v) is 4.72. The van der Waals surface area contributed by atoms with Gasteiger partial charge in [-0.15, -0.1) is 0 Å². The van der Waals surface area contributed by atoms with E-state index in [1.165, 1.54) is 6.07 Å². The van der Waals surface area contributed by atoms with Crippen LogP contribution in [0.5, 0.6) is 0 Å². The Morgan fingerprint density at radius 3 is 2.47 bits per heavy atom. The van der Waals surface area contributed by atoms with Gasteiger partial charge in [-0.05, 0) is 36.5 Å². The third-order valence-electron chi connectivity index (χ3n) is 3.56. The summed E-state index contributed by atoms with van der Waals surface area (Å²) < 4.78 is 50.7. The molecule has 1 aliphatic rings. The zero-order chi connectivity index (χ0) is 14.2. The van der Waals surface area contributed by atoms with Gasteiger partial charge in [0, 0.05) is 0 Å². The number of carbonyl (C=O) groups is 1. The van der Waals surface area contributed by atoms with Crippen LogP contribution >= 0.6 is 0 Å². The van der Waals surface area contributed by atoms with E-state index in [0.717, 1.165) is 6.07 Å². The van der Waals surface area contributed by atoms with Gasteiger partial charge in [-0.2, -0.15) is 13.2 Å². The van der Waals surface area contributed by atoms with Gasteiger partial charge in [-0.3, -0.25) is 4.79 Å². The fourth-order valence-electron chi connectivity index (χ4n) is 2.65. The normalized spacial score (nSPS) is 23.6.